The Morgan fingerprint density at radius 2 is 2.20 bits per heavy atom. The van der Waals surface area contributed by atoms with Gasteiger partial charge >= 0.3 is 4.83 Å². The number of halogens is 3. The fourth-order valence-corrected chi connectivity index (χ4v) is 1.49. The van der Waals surface area contributed by atoms with E-state index in [1.165, 1.54) is 7.11 Å². The first-order chi connectivity index (χ1) is 7.02. The van der Waals surface area contributed by atoms with E-state index in [-0.39, 0.29) is 0 Å². The molecule has 0 fully saturated rings. The Morgan fingerprint density at radius 1 is 1.47 bits per heavy atom. The fourth-order valence-electron chi connectivity index (χ4n) is 1.30. The molecular formula is C9H7BrF2N2O. The number of benzene rings is 1. The van der Waals surface area contributed by atoms with E-state index in [1.807, 2.05) is 0 Å². The molecule has 1 heterocycles. The highest BCUT2D eigenvalue weighted by Crippen LogP contribution is 2.35. The number of aromatic nitrogens is 2. The number of methoxy groups -OCH3 is 1. The van der Waals surface area contributed by atoms with E-state index in [0.29, 0.717) is 16.8 Å². The molecule has 1 aromatic heterocycles. The van der Waals surface area contributed by atoms with Crippen LogP contribution in [-0.4, -0.2) is 17.1 Å². The van der Waals surface area contributed by atoms with E-state index in [4.69, 9.17) is 4.74 Å². The summed E-state index contributed by atoms with van der Waals surface area (Å²) >= 11 is 2.24. The molecule has 1 N–H and O–H groups in total. The summed E-state index contributed by atoms with van der Waals surface area (Å²) in [5.41, 5.74) is 0.914. The van der Waals surface area contributed by atoms with Crippen LogP contribution in [0.1, 0.15) is 5.82 Å². The van der Waals surface area contributed by atoms with Gasteiger partial charge in [-0.2, -0.15) is 8.78 Å². The van der Waals surface area contributed by atoms with Crippen LogP contribution >= 0.6 is 15.9 Å². The van der Waals surface area contributed by atoms with Gasteiger partial charge in [-0.05, 0) is 28.1 Å². The molecule has 0 amide bonds. The zero-order valence-electron chi connectivity index (χ0n) is 7.72. The quantitative estimate of drug-likeness (QED) is 0.857. The van der Waals surface area contributed by atoms with Gasteiger partial charge in [0.05, 0.1) is 12.6 Å². The molecule has 15 heavy (non-hydrogen) atoms. The highest BCUT2D eigenvalue weighted by atomic mass is 79.9. The van der Waals surface area contributed by atoms with Gasteiger partial charge in [0.2, 0.25) is 0 Å². The third-order valence-corrected chi connectivity index (χ3v) is 2.34. The van der Waals surface area contributed by atoms with Gasteiger partial charge in [-0.25, -0.2) is 4.98 Å². The average molecular weight is 277 g/mol. The third-order valence-electron chi connectivity index (χ3n) is 1.96. The van der Waals surface area contributed by atoms with Crippen LogP contribution in [0.3, 0.4) is 0 Å². The second-order valence-electron chi connectivity index (χ2n) is 2.94. The number of fused-ring (bicyclic) bond motifs is 1. The third kappa shape index (κ3) is 1.81. The molecule has 3 nitrogen and oxygen atoms in total. The summed E-state index contributed by atoms with van der Waals surface area (Å²) in [6, 6.07) is 5.03. The maximum absolute atomic E-state index is 12.9. The van der Waals surface area contributed by atoms with Gasteiger partial charge in [0.1, 0.15) is 11.3 Å². The Balaban J connectivity index is 2.65. The Bertz CT molecular complexity index is 492. The molecule has 0 radical (unpaired) electrons. The molecule has 1 aromatic carbocycles. The SMILES string of the molecule is COc1cccc2[nH]c(C(F)(F)Br)nc12. The number of ether oxygens (including phenoxy) is 1. The maximum atomic E-state index is 12.9. The minimum Gasteiger partial charge on any atom is -0.494 e. The van der Waals surface area contributed by atoms with Crippen LogP contribution in [0.15, 0.2) is 18.2 Å². The van der Waals surface area contributed by atoms with E-state index < -0.39 is 10.7 Å². The summed E-state index contributed by atoms with van der Waals surface area (Å²) in [4.78, 5) is 3.14. The first kappa shape index (κ1) is 10.4. The zero-order chi connectivity index (χ0) is 11.1. The lowest BCUT2D eigenvalue weighted by molar-refractivity contribution is 0.105. The predicted molar refractivity (Wildman–Crippen MR) is 55.5 cm³/mol. The smallest absolute Gasteiger partial charge is 0.358 e. The summed E-state index contributed by atoms with van der Waals surface area (Å²) in [7, 11) is 1.47. The largest absolute Gasteiger partial charge is 0.494 e. The average Bonchev–Trinajstić information content (AvgIpc) is 2.59. The summed E-state index contributed by atoms with van der Waals surface area (Å²) in [5.74, 6) is 0.0359. The van der Waals surface area contributed by atoms with Crippen LogP contribution in [0, 0.1) is 0 Å². The number of hydrogen-bond acceptors (Lipinski definition) is 2. The molecule has 0 unspecified atom stereocenters. The van der Waals surface area contributed by atoms with Crippen molar-refractivity contribution in [1.82, 2.24) is 9.97 Å². The molecule has 0 spiro atoms. The van der Waals surface area contributed by atoms with E-state index in [1.54, 1.807) is 18.2 Å². The number of nitrogens with one attached hydrogen (secondary N) is 1. The Labute approximate surface area is 92.6 Å². The normalized spacial score (nSPS) is 12.0. The van der Waals surface area contributed by atoms with Crippen molar-refractivity contribution in [2.24, 2.45) is 0 Å². The van der Waals surface area contributed by atoms with E-state index in [0.717, 1.165) is 0 Å². The standard InChI is InChI=1S/C9H7BrF2N2O/c1-15-6-4-2-3-5-7(6)14-8(13-5)9(10,11)12/h2-4H,1H3,(H,13,14). The molecule has 0 saturated heterocycles. The van der Waals surface area contributed by atoms with Gasteiger partial charge in [-0.3, -0.25) is 0 Å². The minimum atomic E-state index is -3.16. The Hall–Kier alpha value is -1.17. The van der Waals surface area contributed by atoms with Crippen LogP contribution in [0.25, 0.3) is 11.0 Å². The number of H-pyrrole nitrogens is 1. The second-order valence-corrected chi connectivity index (χ2v) is 3.94. The van der Waals surface area contributed by atoms with Crippen molar-refractivity contribution >= 4 is 27.0 Å². The highest BCUT2D eigenvalue weighted by Gasteiger charge is 2.31. The highest BCUT2D eigenvalue weighted by molar-refractivity contribution is 9.09. The van der Waals surface area contributed by atoms with Crippen molar-refractivity contribution in [2.75, 3.05) is 7.11 Å². The summed E-state index contributed by atoms with van der Waals surface area (Å²) in [5, 5.41) is 0. The lowest BCUT2D eigenvalue weighted by Crippen LogP contribution is -2.04. The molecule has 0 aliphatic carbocycles. The van der Waals surface area contributed by atoms with Gasteiger partial charge in [0.25, 0.3) is 0 Å². The first-order valence-corrected chi connectivity index (χ1v) is 4.91. The molecular weight excluding hydrogens is 270 g/mol. The van der Waals surface area contributed by atoms with Gasteiger partial charge in [0.15, 0.2) is 5.82 Å². The predicted octanol–water partition coefficient (Wildman–Crippen LogP) is 3.02. The lowest BCUT2D eigenvalue weighted by Gasteiger charge is -2.01. The van der Waals surface area contributed by atoms with E-state index in [9.17, 15) is 8.78 Å². The monoisotopic (exact) mass is 276 g/mol. The van der Waals surface area contributed by atoms with Gasteiger partial charge in [0, 0.05) is 0 Å². The lowest BCUT2D eigenvalue weighted by atomic mass is 10.3. The van der Waals surface area contributed by atoms with Crippen molar-refractivity contribution in [1.29, 1.82) is 0 Å². The van der Waals surface area contributed by atoms with Crippen molar-refractivity contribution in [3.8, 4) is 5.75 Å². The molecule has 0 aliphatic rings. The van der Waals surface area contributed by atoms with E-state index >= 15 is 0 Å². The molecule has 2 aromatic rings. The first-order valence-electron chi connectivity index (χ1n) is 4.12. The van der Waals surface area contributed by atoms with Crippen molar-refractivity contribution in [3.63, 3.8) is 0 Å². The van der Waals surface area contributed by atoms with Gasteiger partial charge in [-0.1, -0.05) is 6.07 Å². The van der Waals surface area contributed by atoms with Crippen LogP contribution in [0.2, 0.25) is 0 Å². The second kappa shape index (κ2) is 3.44. The van der Waals surface area contributed by atoms with Crippen LogP contribution in [-0.2, 0) is 4.83 Å². The minimum absolute atomic E-state index is 0.397. The number of aromatic amines is 1. The van der Waals surface area contributed by atoms with Crippen LogP contribution < -0.4 is 4.74 Å². The van der Waals surface area contributed by atoms with Crippen LogP contribution in [0.5, 0.6) is 5.75 Å². The van der Waals surface area contributed by atoms with Crippen molar-refractivity contribution < 1.29 is 13.5 Å². The maximum Gasteiger partial charge on any atom is 0.358 e. The van der Waals surface area contributed by atoms with Gasteiger partial charge < -0.3 is 9.72 Å². The Kier molecular flexibility index (Phi) is 2.38. The summed E-state index contributed by atoms with van der Waals surface area (Å²) in [6.45, 7) is 0. The number of rotatable bonds is 2. The van der Waals surface area contributed by atoms with Crippen molar-refractivity contribution in [2.45, 2.75) is 4.83 Å². The number of imidazole rings is 1. The molecule has 80 valence electrons. The van der Waals surface area contributed by atoms with E-state index in [2.05, 4.69) is 25.9 Å². The number of nitrogens with zero attached hydrogens (tertiary/aromatic N) is 1. The zero-order valence-corrected chi connectivity index (χ0v) is 9.31. The summed E-state index contributed by atoms with van der Waals surface area (Å²) < 4.78 is 30.8. The topological polar surface area (TPSA) is 37.9 Å². The summed E-state index contributed by atoms with van der Waals surface area (Å²) in [6.07, 6.45) is 0. The molecule has 0 atom stereocenters. The fraction of sp³-hybridized carbons (Fsp3) is 0.222. The Morgan fingerprint density at radius 3 is 2.80 bits per heavy atom. The molecule has 0 bridgehead atoms. The number of alkyl halides is 3. The van der Waals surface area contributed by atoms with Gasteiger partial charge in [-0.15, -0.1) is 0 Å². The van der Waals surface area contributed by atoms with Crippen molar-refractivity contribution in [3.05, 3.63) is 24.0 Å². The molecule has 2 rings (SSSR count). The number of hydrogen-bond donors (Lipinski definition) is 1. The molecule has 0 saturated carbocycles. The number of para-hydroxylation sites is 1. The molecule has 6 heteroatoms. The molecule has 0 aliphatic heterocycles. The van der Waals surface area contributed by atoms with Crippen LogP contribution in [0.4, 0.5) is 8.78 Å².